The Morgan fingerprint density at radius 2 is 2.12 bits per heavy atom. The largest absolute Gasteiger partial charge is 0.342 e. The van der Waals surface area contributed by atoms with Gasteiger partial charge < -0.3 is 10.2 Å². The molecule has 2 unspecified atom stereocenters. The highest BCUT2D eigenvalue weighted by atomic mass is 32.2. The highest BCUT2D eigenvalue weighted by molar-refractivity contribution is 7.99. The maximum absolute atomic E-state index is 11.9. The van der Waals surface area contributed by atoms with Gasteiger partial charge in [0, 0.05) is 24.4 Å². The van der Waals surface area contributed by atoms with Crippen molar-refractivity contribution in [2.24, 2.45) is 0 Å². The number of carbonyl (C=O) groups is 1. The van der Waals surface area contributed by atoms with E-state index < -0.39 is 0 Å². The third-order valence-corrected chi connectivity index (χ3v) is 5.02. The van der Waals surface area contributed by atoms with Gasteiger partial charge in [-0.1, -0.05) is 6.92 Å². The minimum absolute atomic E-state index is 0.300. The van der Waals surface area contributed by atoms with Crippen LogP contribution < -0.4 is 5.32 Å². The molecule has 1 saturated carbocycles. The smallest absolute Gasteiger partial charge is 0.236 e. The molecule has 0 radical (unpaired) electrons. The van der Waals surface area contributed by atoms with Crippen molar-refractivity contribution in [2.75, 3.05) is 25.4 Å². The van der Waals surface area contributed by atoms with Gasteiger partial charge in [-0.05, 0) is 37.9 Å². The van der Waals surface area contributed by atoms with Crippen molar-refractivity contribution >= 4 is 17.7 Å². The topological polar surface area (TPSA) is 32.3 Å². The lowest BCUT2D eigenvalue weighted by Crippen LogP contribution is -2.39. The first-order chi connectivity index (χ1) is 8.29. The lowest BCUT2D eigenvalue weighted by molar-refractivity contribution is -0.129. The summed E-state index contributed by atoms with van der Waals surface area (Å²) in [4.78, 5) is 13.9. The predicted octanol–water partition coefficient (Wildman–Crippen LogP) is 1.87. The second kappa shape index (κ2) is 6.64. The van der Waals surface area contributed by atoms with Gasteiger partial charge in [0.15, 0.2) is 0 Å². The predicted molar refractivity (Wildman–Crippen MR) is 73.4 cm³/mol. The van der Waals surface area contributed by atoms with Crippen molar-refractivity contribution in [3.63, 3.8) is 0 Å². The van der Waals surface area contributed by atoms with Crippen molar-refractivity contribution in [3.05, 3.63) is 0 Å². The van der Waals surface area contributed by atoms with Gasteiger partial charge in [-0.25, -0.2) is 0 Å². The van der Waals surface area contributed by atoms with Crippen LogP contribution in [0.25, 0.3) is 0 Å². The molecule has 1 saturated heterocycles. The van der Waals surface area contributed by atoms with Crippen LogP contribution in [0.2, 0.25) is 0 Å². The Kier molecular flexibility index (Phi) is 5.16. The minimum Gasteiger partial charge on any atom is -0.342 e. The molecule has 4 heteroatoms. The number of rotatable bonds is 5. The Morgan fingerprint density at radius 1 is 1.35 bits per heavy atom. The first kappa shape index (κ1) is 13.2. The van der Waals surface area contributed by atoms with E-state index in [1.165, 1.54) is 37.9 Å². The van der Waals surface area contributed by atoms with Gasteiger partial charge in [0.1, 0.15) is 0 Å². The minimum atomic E-state index is 0.300. The number of nitrogens with one attached hydrogen (secondary N) is 1. The molecule has 17 heavy (non-hydrogen) atoms. The fraction of sp³-hybridized carbons (Fsp3) is 0.923. The second-order valence-corrected chi connectivity index (χ2v) is 6.63. The van der Waals surface area contributed by atoms with E-state index in [4.69, 9.17) is 0 Å². The summed E-state index contributed by atoms with van der Waals surface area (Å²) in [5.74, 6) is 1.51. The number of hydrogen-bond donors (Lipinski definition) is 1. The molecular weight excluding hydrogens is 232 g/mol. The van der Waals surface area contributed by atoms with Gasteiger partial charge in [0.2, 0.25) is 5.91 Å². The molecule has 1 aliphatic heterocycles. The number of carbonyl (C=O) groups excluding carboxylic acids is 1. The molecule has 1 aliphatic carbocycles. The highest BCUT2D eigenvalue weighted by Crippen LogP contribution is 2.29. The summed E-state index contributed by atoms with van der Waals surface area (Å²) >= 11 is 2.07. The van der Waals surface area contributed by atoms with Gasteiger partial charge >= 0.3 is 0 Å². The maximum atomic E-state index is 11.9. The average molecular weight is 256 g/mol. The van der Waals surface area contributed by atoms with Gasteiger partial charge in [-0.15, -0.1) is 0 Å². The van der Waals surface area contributed by atoms with Crippen LogP contribution in [-0.4, -0.2) is 47.5 Å². The van der Waals surface area contributed by atoms with Crippen molar-refractivity contribution in [1.29, 1.82) is 0 Å². The lowest BCUT2D eigenvalue weighted by atomic mass is 10.2. The third kappa shape index (κ3) is 3.88. The zero-order valence-corrected chi connectivity index (χ0v) is 11.6. The number of nitrogens with zero attached hydrogens (tertiary/aromatic N) is 1. The van der Waals surface area contributed by atoms with E-state index in [0.29, 0.717) is 18.5 Å². The van der Waals surface area contributed by atoms with Gasteiger partial charge in [-0.3, -0.25) is 4.79 Å². The molecule has 1 amide bonds. The molecule has 2 atom stereocenters. The second-order valence-electron chi connectivity index (χ2n) is 5.06. The van der Waals surface area contributed by atoms with Crippen molar-refractivity contribution < 1.29 is 4.79 Å². The van der Waals surface area contributed by atoms with Crippen molar-refractivity contribution in [1.82, 2.24) is 10.2 Å². The zero-order chi connectivity index (χ0) is 12.1. The molecule has 0 aromatic heterocycles. The van der Waals surface area contributed by atoms with Gasteiger partial charge in [0.25, 0.3) is 0 Å². The molecule has 0 bridgehead atoms. The normalized spacial score (nSPS) is 28.9. The van der Waals surface area contributed by atoms with Crippen LogP contribution in [0.1, 0.15) is 39.0 Å². The summed E-state index contributed by atoms with van der Waals surface area (Å²) < 4.78 is 0. The van der Waals surface area contributed by atoms with Crippen molar-refractivity contribution in [2.45, 2.75) is 50.3 Å². The summed E-state index contributed by atoms with van der Waals surface area (Å²) in [6.45, 7) is 4.72. The van der Waals surface area contributed by atoms with Crippen LogP contribution in [0.3, 0.4) is 0 Å². The monoisotopic (exact) mass is 256 g/mol. The van der Waals surface area contributed by atoms with E-state index in [9.17, 15) is 4.79 Å². The van der Waals surface area contributed by atoms with E-state index >= 15 is 0 Å². The highest BCUT2D eigenvalue weighted by Gasteiger charge is 2.25. The SMILES string of the molecule is CCSC1CCC(NCC(=O)N2CCCC2)C1. The molecule has 1 N–H and O–H groups in total. The van der Waals surface area contributed by atoms with E-state index in [-0.39, 0.29) is 0 Å². The molecule has 1 heterocycles. The van der Waals surface area contributed by atoms with E-state index in [0.717, 1.165) is 18.3 Å². The zero-order valence-electron chi connectivity index (χ0n) is 10.8. The molecule has 2 aliphatic rings. The van der Waals surface area contributed by atoms with Crippen LogP contribution in [0, 0.1) is 0 Å². The van der Waals surface area contributed by atoms with Crippen LogP contribution in [-0.2, 0) is 4.79 Å². The Bertz CT molecular complexity index is 254. The molecule has 3 nitrogen and oxygen atoms in total. The third-order valence-electron chi connectivity index (χ3n) is 3.79. The molecule has 0 spiro atoms. The summed E-state index contributed by atoms with van der Waals surface area (Å²) in [6, 6.07) is 0.575. The fourth-order valence-corrected chi connectivity index (χ4v) is 3.97. The van der Waals surface area contributed by atoms with E-state index in [2.05, 4.69) is 24.0 Å². The molecule has 2 fully saturated rings. The Balaban J connectivity index is 1.63. The van der Waals surface area contributed by atoms with Crippen molar-refractivity contribution in [3.8, 4) is 0 Å². The molecule has 0 aromatic rings. The van der Waals surface area contributed by atoms with Crippen LogP contribution in [0.4, 0.5) is 0 Å². The Morgan fingerprint density at radius 3 is 2.82 bits per heavy atom. The Labute approximate surface area is 109 Å². The summed E-state index contributed by atoms with van der Waals surface area (Å²) in [5.41, 5.74) is 0. The summed E-state index contributed by atoms with van der Waals surface area (Å²) in [7, 11) is 0. The fourth-order valence-electron chi connectivity index (χ4n) is 2.82. The number of amides is 1. The van der Waals surface area contributed by atoms with Gasteiger partial charge in [-0.2, -0.15) is 11.8 Å². The summed E-state index contributed by atoms with van der Waals surface area (Å²) in [5, 5.41) is 4.26. The van der Waals surface area contributed by atoms with Crippen LogP contribution >= 0.6 is 11.8 Å². The maximum Gasteiger partial charge on any atom is 0.236 e. The molecule has 2 rings (SSSR count). The van der Waals surface area contributed by atoms with Crippen LogP contribution in [0.15, 0.2) is 0 Å². The lowest BCUT2D eigenvalue weighted by Gasteiger charge is -2.18. The first-order valence-corrected chi connectivity index (χ1v) is 7.97. The molecule has 98 valence electrons. The average Bonchev–Trinajstić information content (AvgIpc) is 2.97. The number of hydrogen-bond acceptors (Lipinski definition) is 3. The van der Waals surface area contributed by atoms with E-state index in [1.54, 1.807) is 0 Å². The quantitative estimate of drug-likeness (QED) is 0.815. The van der Waals surface area contributed by atoms with Gasteiger partial charge in [0.05, 0.1) is 6.54 Å². The Hall–Kier alpha value is -0.220. The number of likely N-dealkylation sites (tertiary alicyclic amines) is 1. The van der Waals surface area contributed by atoms with E-state index in [1.807, 2.05) is 4.90 Å². The molecule has 0 aromatic carbocycles. The number of thioether (sulfide) groups is 1. The summed E-state index contributed by atoms with van der Waals surface area (Å²) in [6.07, 6.45) is 6.17. The standard InChI is InChI=1S/C13H24N2OS/c1-2-17-12-6-5-11(9-12)14-10-13(16)15-7-3-4-8-15/h11-12,14H,2-10H2,1H3. The molecular formula is C13H24N2OS. The van der Waals surface area contributed by atoms with Crippen LogP contribution in [0.5, 0.6) is 0 Å². The first-order valence-electron chi connectivity index (χ1n) is 6.92.